The van der Waals surface area contributed by atoms with Gasteiger partial charge >= 0.3 is 0 Å². The Labute approximate surface area is 148 Å². The Kier molecular flexibility index (Phi) is 5.44. The molecule has 0 N–H and O–H groups in total. The summed E-state index contributed by atoms with van der Waals surface area (Å²) in [5.74, 6) is 0.747. The monoisotopic (exact) mass is 356 g/mol. The molecule has 0 aliphatic rings. The van der Waals surface area contributed by atoms with Crippen molar-refractivity contribution in [1.82, 2.24) is 9.97 Å². The van der Waals surface area contributed by atoms with Gasteiger partial charge in [-0.15, -0.1) is 0 Å². The smallest absolute Gasteiger partial charge is 0.156 e. The molecule has 0 aliphatic heterocycles. The lowest BCUT2D eigenvalue weighted by Gasteiger charge is -2.11. The number of rotatable bonds is 5. The van der Waals surface area contributed by atoms with Gasteiger partial charge in [0.05, 0.1) is 18.7 Å². The summed E-state index contributed by atoms with van der Waals surface area (Å²) >= 11 is 6.40. The summed E-state index contributed by atoms with van der Waals surface area (Å²) in [7, 11) is 2.18. The van der Waals surface area contributed by atoms with E-state index in [2.05, 4.69) is 22.1 Å². The molecule has 1 atom stereocenters. The summed E-state index contributed by atoms with van der Waals surface area (Å²) in [6.07, 6.45) is 2.75. The summed E-state index contributed by atoms with van der Waals surface area (Å²) < 4.78 is 5.42. The second-order valence-corrected chi connectivity index (χ2v) is 7.01. The van der Waals surface area contributed by atoms with Gasteiger partial charge in [-0.05, 0) is 30.8 Å². The van der Waals surface area contributed by atoms with Crippen LogP contribution in [0.25, 0.3) is 11.3 Å². The standard InChI is InChI=1S/C19H18ClN2OP/c1-13-8-9-16(23-2)15(10-13)18-19(20)22-17(11-21-18)24-12-14-6-4-3-5-7-14/h3-11,24H,12H2,1-2H3. The van der Waals surface area contributed by atoms with Crippen LogP contribution in [0.2, 0.25) is 5.15 Å². The molecule has 0 radical (unpaired) electrons. The van der Waals surface area contributed by atoms with Crippen LogP contribution in [0, 0.1) is 6.92 Å². The Morgan fingerprint density at radius 1 is 1.12 bits per heavy atom. The molecule has 24 heavy (non-hydrogen) atoms. The molecule has 0 amide bonds. The molecule has 122 valence electrons. The van der Waals surface area contributed by atoms with Gasteiger partial charge in [-0.3, -0.25) is 4.98 Å². The van der Waals surface area contributed by atoms with Crippen LogP contribution < -0.4 is 10.2 Å². The Hall–Kier alpha value is -1.96. The van der Waals surface area contributed by atoms with Crippen molar-refractivity contribution in [3.63, 3.8) is 0 Å². The largest absolute Gasteiger partial charge is 0.496 e. The van der Waals surface area contributed by atoms with Crippen LogP contribution >= 0.6 is 20.2 Å². The first-order valence-electron chi connectivity index (χ1n) is 7.62. The molecule has 3 rings (SSSR count). The zero-order chi connectivity index (χ0) is 16.9. The van der Waals surface area contributed by atoms with E-state index < -0.39 is 0 Å². The Morgan fingerprint density at radius 3 is 2.62 bits per heavy atom. The predicted octanol–water partition coefficient (Wildman–Crippen LogP) is 4.62. The molecule has 0 saturated carbocycles. The van der Waals surface area contributed by atoms with Gasteiger partial charge in [0.15, 0.2) is 5.15 Å². The molecule has 0 bridgehead atoms. The molecule has 1 heterocycles. The van der Waals surface area contributed by atoms with E-state index in [9.17, 15) is 0 Å². The normalized spacial score (nSPS) is 11.1. The van der Waals surface area contributed by atoms with Gasteiger partial charge in [-0.2, -0.15) is 0 Å². The number of benzene rings is 2. The van der Waals surface area contributed by atoms with E-state index in [0.717, 1.165) is 28.5 Å². The van der Waals surface area contributed by atoms with Gasteiger partial charge in [0.2, 0.25) is 0 Å². The highest BCUT2D eigenvalue weighted by Gasteiger charge is 2.13. The average Bonchev–Trinajstić information content (AvgIpc) is 2.61. The number of aryl methyl sites for hydroxylation is 1. The lowest BCUT2D eigenvalue weighted by Crippen LogP contribution is -2.05. The van der Waals surface area contributed by atoms with Crippen molar-refractivity contribution < 1.29 is 4.74 Å². The average molecular weight is 357 g/mol. The fourth-order valence-electron chi connectivity index (χ4n) is 2.43. The van der Waals surface area contributed by atoms with E-state index >= 15 is 0 Å². The van der Waals surface area contributed by atoms with Crippen molar-refractivity contribution in [3.8, 4) is 17.0 Å². The first-order chi connectivity index (χ1) is 11.7. The zero-order valence-electron chi connectivity index (χ0n) is 13.6. The quantitative estimate of drug-likeness (QED) is 0.626. The zero-order valence-corrected chi connectivity index (χ0v) is 15.3. The number of hydrogen-bond donors (Lipinski definition) is 0. The van der Waals surface area contributed by atoms with Crippen molar-refractivity contribution in [2.45, 2.75) is 13.1 Å². The van der Waals surface area contributed by atoms with Gasteiger partial charge in [0, 0.05) is 5.56 Å². The predicted molar refractivity (Wildman–Crippen MR) is 102 cm³/mol. The first-order valence-corrected chi connectivity index (χ1v) is 9.21. The van der Waals surface area contributed by atoms with E-state index in [1.165, 1.54) is 5.56 Å². The van der Waals surface area contributed by atoms with Crippen molar-refractivity contribution >= 4 is 25.6 Å². The van der Waals surface area contributed by atoms with Gasteiger partial charge in [0.1, 0.15) is 11.4 Å². The van der Waals surface area contributed by atoms with Gasteiger partial charge in [0.25, 0.3) is 0 Å². The molecule has 0 saturated heterocycles. The first kappa shape index (κ1) is 16.9. The Morgan fingerprint density at radius 2 is 1.92 bits per heavy atom. The maximum absolute atomic E-state index is 6.40. The van der Waals surface area contributed by atoms with E-state index in [1.807, 2.05) is 49.5 Å². The summed E-state index contributed by atoms with van der Waals surface area (Å²) in [4.78, 5) is 9.07. The maximum Gasteiger partial charge on any atom is 0.156 e. The number of methoxy groups -OCH3 is 1. The molecule has 2 aromatic carbocycles. The molecule has 0 fully saturated rings. The van der Waals surface area contributed by atoms with Crippen LogP contribution in [0.15, 0.2) is 54.7 Å². The lowest BCUT2D eigenvalue weighted by molar-refractivity contribution is 0.416. The fraction of sp³-hybridized carbons (Fsp3) is 0.158. The van der Waals surface area contributed by atoms with Gasteiger partial charge in [-0.25, -0.2) is 4.98 Å². The van der Waals surface area contributed by atoms with Gasteiger partial charge < -0.3 is 4.74 Å². The summed E-state index contributed by atoms with van der Waals surface area (Å²) in [6, 6.07) is 16.3. The Balaban J connectivity index is 1.84. The minimum atomic E-state index is 0.414. The molecular weight excluding hydrogens is 339 g/mol. The molecule has 0 spiro atoms. The number of halogens is 1. The third kappa shape index (κ3) is 3.92. The number of aromatic nitrogens is 2. The van der Waals surface area contributed by atoms with E-state index in [0.29, 0.717) is 19.4 Å². The maximum atomic E-state index is 6.40. The van der Waals surface area contributed by atoms with Crippen LogP contribution in [0.4, 0.5) is 0 Å². The fourth-order valence-corrected chi connectivity index (χ4v) is 3.71. The third-order valence-corrected chi connectivity index (χ3v) is 5.11. The molecule has 5 heteroatoms. The summed E-state index contributed by atoms with van der Waals surface area (Å²) in [5, 5.41) is 0.414. The molecule has 3 aromatic rings. The topological polar surface area (TPSA) is 35.0 Å². The van der Waals surface area contributed by atoms with Crippen LogP contribution in [0.3, 0.4) is 0 Å². The van der Waals surface area contributed by atoms with Crippen LogP contribution in [0.5, 0.6) is 5.75 Å². The van der Waals surface area contributed by atoms with Crippen molar-refractivity contribution in [2.24, 2.45) is 0 Å². The molecule has 0 aliphatic carbocycles. The SMILES string of the molecule is COc1ccc(C)cc1-c1ncc(PCc2ccccc2)nc1Cl. The molecule has 1 unspecified atom stereocenters. The number of hydrogen-bond acceptors (Lipinski definition) is 3. The lowest BCUT2D eigenvalue weighted by atomic mass is 10.1. The summed E-state index contributed by atoms with van der Waals surface area (Å²) in [6.45, 7) is 2.03. The van der Waals surface area contributed by atoms with Crippen molar-refractivity contribution in [2.75, 3.05) is 7.11 Å². The molecule has 3 nitrogen and oxygen atoms in total. The van der Waals surface area contributed by atoms with Crippen LogP contribution in [-0.2, 0) is 6.16 Å². The highest BCUT2D eigenvalue weighted by molar-refractivity contribution is 7.46. The van der Waals surface area contributed by atoms with Gasteiger partial charge in [-0.1, -0.05) is 62.1 Å². The second kappa shape index (κ2) is 7.74. The van der Waals surface area contributed by atoms with Crippen molar-refractivity contribution in [1.29, 1.82) is 0 Å². The highest BCUT2D eigenvalue weighted by atomic mass is 35.5. The highest BCUT2D eigenvalue weighted by Crippen LogP contribution is 2.33. The minimum Gasteiger partial charge on any atom is -0.496 e. The third-order valence-electron chi connectivity index (χ3n) is 3.66. The van der Waals surface area contributed by atoms with Crippen LogP contribution in [0.1, 0.15) is 11.1 Å². The van der Waals surface area contributed by atoms with E-state index in [-0.39, 0.29) is 0 Å². The Bertz CT molecular complexity index is 840. The number of nitrogens with zero attached hydrogens (tertiary/aromatic N) is 2. The van der Waals surface area contributed by atoms with Crippen LogP contribution in [-0.4, -0.2) is 17.1 Å². The van der Waals surface area contributed by atoms with E-state index in [4.69, 9.17) is 16.3 Å². The summed E-state index contributed by atoms with van der Waals surface area (Å²) in [5.41, 5.74) is 4.86. The molecular formula is C19H18ClN2OP. The van der Waals surface area contributed by atoms with E-state index in [1.54, 1.807) is 7.11 Å². The minimum absolute atomic E-state index is 0.414. The second-order valence-electron chi connectivity index (χ2n) is 5.44. The number of ether oxygens (including phenoxy) is 1. The molecule has 1 aromatic heterocycles. The van der Waals surface area contributed by atoms with Crippen molar-refractivity contribution in [3.05, 3.63) is 71.0 Å².